The van der Waals surface area contributed by atoms with Crippen LogP contribution in [0, 0.1) is 5.92 Å². The van der Waals surface area contributed by atoms with Gasteiger partial charge in [0, 0.05) is 17.9 Å². The van der Waals surface area contributed by atoms with Gasteiger partial charge in [-0.1, -0.05) is 31.6 Å². The molecule has 2 unspecified atom stereocenters. The molecule has 1 aromatic heterocycles. The fourth-order valence-corrected chi connectivity index (χ4v) is 3.13. The number of carbonyl (C=O) groups is 1. The molecule has 1 aliphatic carbocycles. The van der Waals surface area contributed by atoms with Gasteiger partial charge in [-0.25, -0.2) is 0 Å². The summed E-state index contributed by atoms with van der Waals surface area (Å²) in [4.78, 5) is 12.0. The Bertz CT molecular complexity index is 438. The van der Waals surface area contributed by atoms with Gasteiger partial charge in [-0.2, -0.15) is 0 Å². The number of nitrogens with two attached hydrogens (primary N) is 1. The van der Waals surface area contributed by atoms with E-state index < -0.39 is 0 Å². The highest BCUT2D eigenvalue weighted by Crippen LogP contribution is 2.23. The third-order valence-corrected chi connectivity index (χ3v) is 4.70. The van der Waals surface area contributed by atoms with Crippen molar-refractivity contribution in [1.29, 1.82) is 0 Å². The summed E-state index contributed by atoms with van der Waals surface area (Å²) in [6.45, 7) is 4.66. The first-order valence-corrected chi connectivity index (χ1v) is 7.73. The van der Waals surface area contributed by atoms with E-state index in [1.165, 1.54) is 0 Å². The summed E-state index contributed by atoms with van der Waals surface area (Å²) in [5, 5.41) is 13.1. The number of halogens is 1. The number of hydrogen-bond donors (Lipinski definition) is 2. The van der Waals surface area contributed by atoms with Gasteiger partial charge in [0.15, 0.2) is 0 Å². The first-order chi connectivity index (χ1) is 9.06. The Kier molecular flexibility index (Phi) is 6.85. The maximum atomic E-state index is 12.0. The lowest BCUT2D eigenvalue weighted by atomic mass is 9.85. The molecule has 0 aliphatic heterocycles. The van der Waals surface area contributed by atoms with E-state index in [1.807, 2.05) is 0 Å². The van der Waals surface area contributed by atoms with E-state index in [9.17, 15) is 4.79 Å². The number of hydrogen-bond acceptors (Lipinski definition) is 5. The van der Waals surface area contributed by atoms with Crippen LogP contribution in [-0.2, 0) is 11.3 Å². The fraction of sp³-hybridized carbons (Fsp3) is 0.769. The third-order valence-electron chi connectivity index (χ3n) is 3.48. The molecule has 1 saturated carbocycles. The van der Waals surface area contributed by atoms with Crippen molar-refractivity contribution in [2.75, 3.05) is 0 Å². The highest BCUT2D eigenvalue weighted by molar-refractivity contribution is 7.11. The lowest BCUT2D eigenvalue weighted by Crippen LogP contribution is -2.37. The molecule has 0 aromatic carbocycles. The second-order valence-corrected chi connectivity index (χ2v) is 6.62. The maximum absolute atomic E-state index is 12.0. The van der Waals surface area contributed by atoms with E-state index in [4.69, 9.17) is 5.73 Å². The Balaban J connectivity index is 0.00000200. The summed E-state index contributed by atoms with van der Waals surface area (Å²) in [7, 11) is 0. The Morgan fingerprint density at radius 1 is 1.45 bits per heavy atom. The van der Waals surface area contributed by atoms with Crippen molar-refractivity contribution < 1.29 is 4.79 Å². The minimum Gasteiger partial charge on any atom is -0.349 e. The monoisotopic (exact) mass is 318 g/mol. The summed E-state index contributed by atoms with van der Waals surface area (Å²) in [6, 6.07) is 0.179. The molecule has 20 heavy (non-hydrogen) atoms. The SMILES string of the molecule is CC(C)c1nnc(CNC(=O)C2CCCC(N)C2)s1.Cl. The Morgan fingerprint density at radius 3 is 2.80 bits per heavy atom. The number of rotatable bonds is 4. The largest absolute Gasteiger partial charge is 0.349 e. The van der Waals surface area contributed by atoms with Gasteiger partial charge in [-0.3, -0.25) is 4.79 Å². The van der Waals surface area contributed by atoms with E-state index in [-0.39, 0.29) is 30.3 Å². The van der Waals surface area contributed by atoms with Gasteiger partial charge >= 0.3 is 0 Å². The number of nitrogens with one attached hydrogen (secondary N) is 1. The summed E-state index contributed by atoms with van der Waals surface area (Å²) < 4.78 is 0. The predicted octanol–water partition coefficient (Wildman–Crippen LogP) is 2.22. The zero-order valence-electron chi connectivity index (χ0n) is 12.0. The topological polar surface area (TPSA) is 80.9 Å². The average Bonchev–Trinajstić information content (AvgIpc) is 2.85. The molecule has 2 rings (SSSR count). The van der Waals surface area contributed by atoms with E-state index in [2.05, 4.69) is 29.4 Å². The number of amides is 1. The van der Waals surface area contributed by atoms with Gasteiger partial charge in [0.25, 0.3) is 0 Å². The van der Waals surface area contributed by atoms with Crippen LogP contribution in [0.25, 0.3) is 0 Å². The molecule has 0 bridgehead atoms. The van der Waals surface area contributed by atoms with Gasteiger partial charge in [-0.15, -0.1) is 22.6 Å². The van der Waals surface area contributed by atoms with Gasteiger partial charge in [0.1, 0.15) is 10.0 Å². The molecule has 2 atom stereocenters. The van der Waals surface area contributed by atoms with Crippen molar-refractivity contribution in [2.45, 2.75) is 58.0 Å². The summed E-state index contributed by atoms with van der Waals surface area (Å²) in [6.07, 6.45) is 3.85. The van der Waals surface area contributed by atoms with Gasteiger partial charge in [0.05, 0.1) is 6.54 Å². The molecule has 3 N–H and O–H groups in total. The van der Waals surface area contributed by atoms with E-state index in [0.29, 0.717) is 12.5 Å². The molecule has 1 amide bonds. The van der Waals surface area contributed by atoms with E-state index >= 15 is 0 Å². The zero-order valence-corrected chi connectivity index (χ0v) is 13.6. The third kappa shape index (κ3) is 4.68. The fourth-order valence-electron chi connectivity index (χ4n) is 2.34. The van der Waals surface area contributed by atoms with Crippen LogP contribution in [0.4, 0.5) is 0 Å². The first-order valence-electron chi connectivity index (χ1n) is 6.92. The van der Waals surface area contributed by atoms with Crippen molar-refractivity contribution >= 4 is 29.7 Å². The van der Waals surface area contributed by atoms with Crippen LogP contribution in [0.1, 0.15) is 55.5 Å². The molecule has 0 spiro atoms. The van der Waals surface area contributed by atoms with E-state index in [1.54, 1.807) is 11.3 Å². The quantitative estimate of drug-likeness (QED) is 0.892. The van der Waals surface area contributed by atoms with Crippen LogP contribution in [-0.4, -0.2) is 22.1 Å². The van der Waals surface area contributed by atoms with Gasteiger partial charge < -0.3 is 11.1 Å². The predicted molar refractivity (Wildman–Crippen MR) is 83.0 cm³/mol. The van der Waals surface area contributed by atoms with Gasteiger partial charge in [-0.05, 0) is 19.3 Å². The zero-order chi connectivity index (χ0) is 13.8. The molecule has 0 radical (unpaired) electrons. The Morgan fingerprint density at radius 2 is 2.20 bits per heavy atom. The van der Waals surface area contributed by atoms with E-state index in [0.717, 1.165) is 35.7 Å². The normalized spacial score (nSPS) is 22.4. The minimum atomic E-state index is 0. The molecule has 114 valence electrons. The average molecular weight is 319 g/mol. The van der Waals surface area contributed by atoms with Crippen LogP contribution in [0.3, 0.4) is 0 Å². The van der Waals surface area contributed by atoms with Crippen molar-refractivity contribution in [3.8, 4) is 0 Å². The van der Waals surface area contributed by atoms with Crippen LogP contribution in [0.15, 0.2) is 0 Å². The Labute approximate surface area is 130 Å². The molecule has 1 heterocycles. The summed E-state index contributed by atoms with van der Waals surface area (Å²) in [5.41, 5.74) is 5.91. The molecule has 7 heteroatoms. The standard InChI is InChI=1S/C13H22N4OS.ClH/c1-8(2)13-17-16-11(19-13)7-15-12(18)9-4-3-5-10(14)6-9;/h8-10H,3-7,14H2,1-2H3,(H,15,18);1H. The van der Waals surface area contributed by atoms with Crippen LogP contribution in [0.2, 0.25) is 0 Å². The molecule has 1 fully saturated rings. The highest BCUT2D eigenvalue weighted by atomic mass is 35.5. The minimum absolute atomic E-state index is 0. The van der Waals surface area contributed by atoms with Crippen molar-refractivity contribution in [3.63, 3.8) is 0 Å². The van der Waals surface area contributed by atoms with Crippen molar-refractivity contribution in [2.24, 2.45) is 11.7 Å². The second kappa shape index (κ2) is 7.90. The molecular weight excluding hydrogens is 296 g/mol. The molecule has 1 aromatic rings. The Hall–Kier alpha value is -0.720. The lowest BCUT2D eigenvalue weighted by Gasteiger charge is -2.25. The smallest absolute Gasteiger partial charge is 0.223 e. The second-order valence-electron chi connectivity index (χ2n) is 5.53. The van der Waals surface area contributed by atoms with Crippen LogP contribution >= 0.6 is 23.7 Å². The lowest BCUT2D eigenvalue weighted by molar-refractivity contribution is -0.126. The van der Waals surface area contributed by atoms with Crippen molar-refractivity contribution in [1.82, 2.24) is 15.5 Å². The van der Waals surface area contributed by atoms with Crippen LogP contribution in [0.5, 0.6) is 0 Å². The van der Waals surface area contributed by atoms with Crippen LogP contribution < -0.4 is 11.1 Å². The highest BCUT2D eigenvalue weighted by Gasteiger charge is 2.25. The number of nitrogens with zero attached hydrogens (tertiary/aromatic N) is 2. The maximum Gasteiger partial charge on any atom is 0.223 e. The summed E-state index contributed by atoms with van der Waals surface area (Å²) in [5.74, 6) is 0.566. The summed E-state index contributed by atoms with van der Waals surface area (Å²) >= 11 is 1.57. The van der Waals surface area contributed by atoms with Crippen molar-refractivity contribution in [3.05, 3.63) is 10.0 Å². The molecular formula is C13H23ClN4OS. The molecule has 0 saturated heterocycles. The number of carbonyl (C=O) groups excluding carboxylic acids is 1. The van der Waals surface area contributed by atoms with Gasteiger partial charge in [0.2, 0.25) is 5.91 Å². The molecule has 5 nitrogen and oxygen atoms in total. The molecule has 1 aliphatic rings. The first kappa shape index (κ1) is 17.3. The number of aromatic nitrogens is 2.